The van der Waals surface area contributed by atoms with E-state index in [0.717, 1.165) is 28.2 Å². The number of carbonyl (C=O) groups is 1. The van der Waals surface area contributed by atoms with Crippen molar-refractivity contribution in [1.29, 1.82) is 0 Å². The molecule has 0 bridgehead atoms. The van der Waals surface area contributed by atoms with E-state index in [-0.39, 0.29) is 35.9 Å². The summed E-state index contributed by atoms with van der Waals surface area (Å²) in [5, 5.41) is 2.62. The summed E-state index contributed by atoms with van der Waals surface area (Å²) in [5.41, 5.74) is 5.52. The third-order valence-corrected chi connectivity index (χ3v) is 10.2. The number of rotatable bonds is 5. The minimum Gasteiger partial charge on any atom is -0.369 e. The predicted molar refractivity (Wildman–Crippen MR) is 141 cm³/mol. The van der Waals surface area contributed by atoms with Gasteiger partial charge in [0.05, 0.1) is 6.20 Å². The minimum absolute atomic E-state index is 0.0299. The molecule has 2 aliphatic rings. The Bertz CT molecular complexity index is 1550. The normalized spacial score (nSPS) is 24.5. The SMILES string of the molecule is CN1C(N)=N[C@](C)(c2cc(NC(=O)c3ccc(F)cn3)ccc2F)[C@@]2(CCN(Cc3ccncc3)C2)S1(=O)=O. The number of nitrogens with zero attached hydrogens (tertiary/aromatic N) is 5. The highest BCUT2D eigenvalue weighted by Crippen LogP contribution is 2.52. The first kappa shape index (κ1) is 26.6. The molecule has 204 valence electrons. The fourth-order valence-corrected chi connectivity index (χ4v) is 7.54. The van der Waals surface area contributed by atoms with Gasteiger partial charge in [0.1, 0.15) is 27.6 Å². The molecule has 2 atom stereocenters. The zero-order chi connectivity index (χ0) is 28.0. The summed E-state index contributed by atoms with van der Waals surface area (Å²) in [7, 11) is -2.77. The Labute approximate surface area is 224 Å². The summed E-state index contributed by atoms with van der Waals surface area (Å²) < 4.78 is 56.2. The number of anilines is 1. The van der Waals surface area contributed by atoms with Crippen molar-refractivity contribution in [2.75, 3.05) is 25.5 Å². The topological polar surface area (TPSA) is 134 Å². The average molecular weight is 556 g/mol. The number of pyridine rings is 2. The van der Waals surface area contributed by atoms with Crippen LogP contribution < -0.4 is 11.1 Å². The number of hydrogen-bond donors (Lipinski definition) is 2. The number of hydrogen-bond acceptors (Lipinski definition) is 8. The van der Waals surface area contributed by atoms with Crippen LogP contribution in [-0.2, 0) is 22.1 Å². The summed E-state index contributed by atoms with van der Waals surface area (Å²) in [6.45, 7) is 2.54. The molecule has 1 amide bonds. The van der Waals surface area contributed by atoms with Crippen LogP contribution in [0.1, 0.15) is 35.0 Å². The number of aromatic nitrogens is 2. The molecule has 4 heterocycles. The number of benzene rings is 1. The third kappa shape index (κ3) is 4.40. The molecule has 1 saturated heterocycles. The molecule has 0 unspecified atom stereocenters. The summed E-state index contributed by atoms with van der Waals surface area (Å²) in [6, 6.07) is 9.87. The number of sulfonamides is 1. The predicted octanol–water partition coefficient (Wildman–Crippen LogP) is 2.46. The Morgan fingerprint density at radius 3 is 2.59 bits per heavy atom. The van der Waals surface area contributed by atoms with Crippen molar-refractivity contribution in [2.24, 2.45) is 10.7 Å². The molecule has 39 heavy (non-hydrogen) atoms. The molecule has 0 saturated carbocycles. The lowest BCUT2D eigenvalue weighted by atomic mass is 9.78. The molecule has 1 aromatic carbocycles. The average Bonchev–Trinajstić information content (AvgIpc) is 3.35. The molecule has 0 aliphatic carbocycles. The summed E-state index contributed by atoms with van der Waals surface area (Å²) in [5.74, 6) is -2.20. The Morgan fingerprint density at radius 2 is 1.90 bits per heavy atom. The number of amides is 1. The number of halogens is 2. The first-order valence-corrected chi connectivity index (χ1v) is 13.6. The van der Waals surface area contributed by atoms with E-state index in [1.54, 1.807) is 19.3 Å². The van der Waals surface area contributed by atoms with Crippen molar-refractivity contribution < 1.29 is 22.0 Å². The molecule has 3 N–H and O–H groups in total. The molecule has 10 nitrogen and oxygen atoms in total. The first-order chi connectivity index (χ1) is 18.5. The third-order valence-electron chi connectivity index (χ3n) is 7.58. The van der Waals surface area contributed by atoms with Gasteiger partial charge < -0.3 is 11.1 Å². The van der Waals surface area contributed by atoms with Gasteiger partial charge in [-0.2, -0.15) is 0 Å². The van der Waals surface area contributed by atoms with Crippen molar-refractivity contribution in [3.8, 4) is 0 Å². The van der Waals surface area contributed by atoms with Gasteiger partial charge in [0, 0.05) is 50.3 Å². The first-order valence-electron chi connectivity index (χ1n) is 12.1. The maximum absolute atomic E-state index is 15.6. The second kappa shape index (κ2) is 9.65. The van der Waals surface area contributed by atoms with Crippen molar-refractivity contribution in [2.45, 2.75) is 30.2 Å². The number of likely N-dealkylation sites (tertiary alicyclic amines) is 1. The highest BCUT2D eigenvalue weighted by molar-refractivity contribution is 7.91. The standard InChI is InChI=1S/C26H27F2N7O3S/c1-25(20-13-19(4-5-21(20)28)32-23(36)22-6-3-18(27)14-31-22)26(39(37,38)34(2)24(29)33-25)9-12-35(16-26)15-17-7-10-30-11-8-17/h3-8,10-11,13-14H,9,12,15-16H2,1-2H3,(H2,29,33)(H,32,36)/t25-,26+/m1/s1. The van der Waals surface area contributed by atoms with E-state index in [9.17, 15) is 17.6 Å². The van der Waals surface area contributed by atoms with Crippen LogP contribution in [0.25, 0.3) is 0 Å². The Balaban J connectivity index is 1.55. The van der Waals surface area contributed by atoms with Gasteiger partial charge >= 0.3 is 0 Å². The second-order valence-corrected chi connectivity index (χ2v) is 12.1. The largest absolute Gasteiger partial charge is 0.369 e. The fourth-order valence-electron chi connectivity index (χ4n) is 5.37. The van der Waals surface area contributed by atoms with Gasteiger partial charge in [0.2, 0.25) is 16.0 Å². The van der Waals surface area contributed by atoms with Crippen molar-refractivity contribution in [1.82, 2.24) is 19.2 Å². The van der Waals surface area contributed by atoms with Gasteiger partial charge in [0.25, 0.3) is 5.91 Å². The lowest BCUT2D eigenvalue weighted by Gasteiger charge is -2.48. The van der Waals surface area contributed by atoms with Crippen molar-refractivity contribution >= 4 is 27.6 Å². The summed E-state index contributed by atoms with van der Waals surface area (Å²) in [6.07, 6.45) is 4.41. The fraction of sp³-hybridized carbons (Fsp3) is 0.308. The molecule has 3 aromatic rings. The van der Waals surface area contributed by atoms with Gasteiger partial charge in [-0.25, -0.2) is 31.5 Å². The highest BCUT2D eigenvalue weighted by atomic mass is 32.2. The van der Waals surface area contributed by atoms with E-state index in [1.165, 1.54) is 25.2 Å². The Morgan fingerprint density at radius 1 is 1.15 bits per heavy atom. The van der Waals surface area contributed by atoms with E-state index in [0.29, 0.717) is 13.1 Å². The number of nitrogens with one attached hydrogen (secondary N) is 1. The Kier molecular flexibility index (Phi) is 6.59. The molecule has 1 spiro atoms. The molecule has 1 fully saturated rings. The van der Waals surface area contributed by atoms with Crippen LogP contribution >= 0.6 is 0 Å². The maximum atomic E-state index is 15.6. The van der Waals surface area contributed by atoms with Crippen LogP contribution in [0.3, 0.4) is 0 Å². The van der Waals surface area contributed by atoms with E-state index in [1.807, 2.05) is 17.0 Å². The molecule has 0 radical (unpaired) electrons. The van der Waals surface area contributed by atoms with E-state index in [2.05, 4.69) is 20.3 Å². The zero-order valence-electron chi connectivity index (χ0n) is 21.3. The lowest BCUT2D eigenvalue weighted by Crippen LogP contribution is -2.66. The lowest BCUT2D eigenvalue weighted by molar-refractivity contribution is 0.102. The molecule has 2 aromatic heterocycles. The van der Waals surface area contributed by atoms with Gasteiger partial charge in [-0.3, -0.25) is 14.7 Å². The van der Waals surface area contributed by atoms with Gasteiger partial charge in [-0.05, 0) is 61.4 Å². The Hall–Kier alpha value is -3.97. The van der Waals surface area contributed by atoms with Crippen LogP contribution in [0, 0.1) is 11.6 Å². The smallest absolute Gasteiger partial charge is 0.274 e. The maximum Gasteiger partial charge on any atom is 0.274 e. The molecular weight excluding hydrogens is 528 g/mol. The monoisotopic (exact) mass is 555 g/mol. The number of nitrogens with two attached hydrogens (primary N) is 1. The molecule has 2 aliphatic heterocycles. The van der Waals surface area contributed by atoms with Crippen LogP contribution in [0.5, 0.6) is 0 Å². The zero-order valence-corrected chi connectivity index (χ0v) is 22.1. The molecule has 13 heteroatoms. The summed E-state index contributed by atoms with van der Waals surface area (Å²) in [4.78, 5) is 27.0. The van der Waals surface area contributed by atoms with Gasteiger partial charge in [-0.1, -0.05) is 0 Å². The molecule has 5 rings (SSSR count). The van der Waals surface area contributed by atoms with Crippen LogP contribution in [0.4, 0.5) is 14.5 Å². The van der Waals surface area contributed by atoms with Crippen LogP contribution in [-0.4, -0.2) is 64.3 Å². The number of aliphatic imine (C=N–C) groups is 1. The highest BCUT2D eigenvalue weighted by Gasteiger charge is 2.66. The number of carbonyl (C=O) groups excluding carboxylic acids is 1. The second-order valence-electron chi connectivity index (χ2n) is 9.84. The van der Waals surface area contributed by atoms with Gasteiger partial charge in [0.15, 0.2) is 0 Å². The van der Waals surface area contributed by atoms with Crippen LogP contribution in [0.15, 0.2) is 66.0 Å². The van der Waals surface area contributed by atoms with E-state index >= 15 is 4.39 Å². The van der Waals surface area contributed by atoms with Crippen molar-refractivity contribution in [3.05, 3.63) is 89.5 Å². The number of guanidine groups is 1. The van der Waals surface area contributed by atoms with E-state index in [4.69, 9.17) is 5.73 Å². The van der Waals surface area contributed by atoms with Crippen molar-refractivity contribution in [3.63, 3.8) is 0 Å². The summed E-state index contributed by atoms with van der Waals surface area (Å²) >= 11 is 0. The minimum atomic E-state index is -4.11. The molecular formula is C26H27F2N7O3S. The van der Waals surface area contributed by atoms with Crippen LogP contribution in [0.2, 0.25) is 0 Å². The quantitative estimate of drug-likeness (QED) is 0.494. The van der Waals surface area contributed by atoms with Gasteiger partial charge in [-0.15, -0.1) is 0 Å². The van der Waals surface area contributed by atoms with E-state index < -0.39 is 37.9 Å².